The van der Waals surface area contributed by atoms with Gasteiger partial charge in [-0.2, -0.15) is 0 Å². The summed E-state index contributed by atoms with van der Waals surface area (Å²) in [6.07, 6.45) is 4.71. The van der Waals surface area contributed by atoms with E-state index in [9.17, 15) is 9.59 Å². The van der Waals surface area contributed by atoms with E-state index < -0.39 is 0 Å². The van der Waals surface area contributed by atoms with Crippen LogP contribution in [0, 0.1) is 0 Å². The fourth-order valence-electron chi connectivity index (χ4n) is 2.06. The van der Waals surface area contributed by atoms with Gasteiger partial charge in [-0.15, -0.1) is 0 Å². The Kier molecular flexibility index (Phi) is 5.44. The van der Waals surface area contributed by atoms with Gasteiger partial charge in [0.2, 0.25) is 0 Å². The molecule has 0 N–H and O–H groups in total. The van der Waals surface area contributed by atoms with E-state index in [2.05, 4.69) is 6.92 Å². The summed E-state index contributed by atoms with van der Waals surface area (Å²) < 4.78 is 5.09. The first-order valence-corrected chi connectivity index (χ1v) is 7.86. The summed E-state index contributed by atoms with van der Waals surface area (Å²) in [6, 6.07) is 7.39. The molecule has 0 bridgehead atoms. The molecule has 4 nitrogen and oxygen atoms in total. The number of benzene rings is 1. The van der Waals surface area contributed by atoms with Crippen LogP contribution in [0.4, 0.5) is 4.79 Å². The number of imide groups is 1. The molecule has 0 radical (unpaired) electrons. The van der Waals surface area contributed by atoms with E-state index >= 15 is 0 Å². The topological polar surface area (TPSA) is 46.6 Å². The van der Waals surface area contributed by atoms with E-state index in [4.69, 9.17) is 4.74 Å². The van der Waals surface area contributed by atoms with Crippen LogP contribution in [0.25, 0.3) is 6.08 Å². The second-order valence-electron chi connectivity index (χ2n) is 4.81. The van der Waals surface area contributed by atoms with Gasteiger partial charge in [-0.25, -0.2) is 0 Å². The van der Waals surface area contributed by atoms with Gasteiger partial charge in [0.1, 0.15) is 5.75 Å². The third kappa shape index (κ3) is 3.88. The van der Waals surface area contributed by atoms with E-state index in [1.165, 1.54) is 4.90 Å². The number of unbranched alkanes of at least 4 members (excludes halogenated alkanes) is 2. The molecule has 21 heavy (non-hydrogen) atoms. The molecule has 1 saturated heterocycles. The third-order valence-corrected chi connectivity index (χ3v) is 4.18. The van der Waals surface area contributed by atoms with E-state index in [-0.39, 0.29) is 11.1 Å². The lowest BCUT2D eigenvalue weighted by atomic mass is 10.2. The highest BCUT2D eigenvalue weighted by Gasteiger charge is 2.34. The number of hydrogen-bond donors (Lipinski definition) is 0. The minimum atomic E-state index is -0.183. The number of hydrogen-bond acceptors (Lipinski definition) is 4. The second-order valence-corrected chi connectivity index (χ2v) is 5.81. The monoisotopic (exact) mass is 305 g/mol. The van der Waals surface area contributed by atoms with Crippen molar-refractivity contribution >= 4 is 29.0 Å². The lowest BCUT2D eigenvalue weighted by Gasteiger charge is -2.11. The van der Waals surface area contributed by atoms with Crippen molar-refractivity contribution in [2.75, 3.05) is 13.7 Å². The van der Waals surface area contributed by atoms with Gasteiger partial charge in [-0.1, -0.05) is 31.9 Å². The number of thioether (sulfide) groups is 1. The maximum absolute atomic E-state index is 12.2. The Hall–Kier alpha value is -1.75. The van der Waals surface area contributed by atoms with E-state index in [0.29, 0.717) is 11.4 Å². The molecule has 1 heterocycles. The molecule has 0 aliphatic carbocycles. The SMILES string of the molecule is CCCCCN1C(=O)S/C(=C\c2ccc(OC)cc2)C1=O. The Balaban J connectivity index is 2.08. The number of nitrogens with zero attached hydrogens (tertiary/aromatic N) is 1. The number of rotatable bonds is 6. The van der Waals surface area contributed by atoms with E-state index in [0.717, 1.165) is 42.3 Å². The lowest BCUT2D eigenvalue weighted by molar-refractivity contribution is -0.122. The molecule has 0 aromatic heterocycles. The van der Waals surface area contributed by atoms with Gasteiger partial charge in [-0.3, -0.25) is 14.5 Å². The number of methoxy groups -OCH3 is 1. The largest absolute Gasteiger partial charge is 0.497 e. The standard InChI is InChI=1S/C16H19NO3S/c1-3-4-5-10-17-15(18)14(21-16(17)19)11-12-6-8-13(20-2)9-7-12/h6-9,11H,3-5,10H2,1-2H3/b14-11-. The van der Waals surface area contributed by atoms with Crippen molar-refractivity contribution in [1.29, 1.82) is 0 Å². The van der Waals surface area contributed by atoms with Crippen LogP contribution in [0.1, 0.15) is 31.7 Å². The van der Waals surface area contributed by atoms with Crippen LogP contribution in [0.2, 0.25) is 0 Å². The first-order valence-electron chi connectivity index (χ1n) is 7.05. The van der Waals surface area contributed by atoms with E-state index in [1.807, 2.05) is 24.3 Å². The summed E-state index contributed by atoms with van der Waals surface area (Å²) in [5.74, 6) is 0.580. The zero-order chi connectivity index (χ0) is 15.2. The minimum absolute atomic E-state index is 0.170. The van der Waals surface area contributed by atoms with Gasteiger partial charge in [0.05, 0.1) is 12.0 Å². The van der Waals surface area contributed by atoms with Crippen molar-refractivity contribution in [3.8, 4) is 5.75 Å². The summed E-state index contributed by atoms with van der Waals surface area (Å²) >= 11 is 1.01. The van der Waals surface area contributed by atoms with Crippen LogP contribution in [0.15, 0.2) is 29.2 Å². The molecule has 0 spiro atoms. The molecule has 1 aromatic rings. The molecule has 0 saturated carbocycles. The molecule has 1 fully saturated rings. The predicted molar refractivity (Wildman–Crippen MR) is 85.2 cm³/mol. The molecule has 0 unspecified atom stereocenters. The number of amides is 2. The number of carbonyl (C=O) groups excluding carboxylic acids is 2. The average molecular weight is 305 g/mol. The summed E-state index contributed by atoms with van der Waals surface area (Å²) in [4.78, 5) is 25.9. The van der Waals surface area contributed by atoms with Gasteiger partial charge in [0.15, 0.2) is 0 Å². The highest BCUT2D eigenvalue weighted by molar-refractivity contribution is 8.18. The molecule has 2 rings (SSSR count). The summed E-state index contributed by atoms with van der Waals surface area (Å²) in [5, 5.41) is -0.170. The molecule has 1 aromatic carbocycles. The number of carbonyl (C=O) groups is 2. The first kappa shape index (κ1) is 15.6. The van der Waals surface area contributed by atoms with Crippen LogP contribution in [-0.2, 0) is 4.79 Å². The average Bonchev–Trinajstić information content (AvgIpc) is 2.75. The fraction of sp³-hybridized carbons (Fsp3) is 0.375. The smallest absolute Gasteiger partial charge is 0.293 e. The van der Waals surface area contributed by atoms with Crippen molar-refractivity contribution < 1.29 is 14.3 Å². The molecule has 1 aliphatic rings. The lowest BCUT2D eigenvalue weighted by Crippen LogP contribution is -2.29. The minimum Gasteiger partial charge on any atom is -0.497 e. The van der Waals surface area contributed by atoms with Gasteiger partial charge in [-0.05, 0) is 42.0 Å². The van der Waals surface area contributed by atoms with Crippen molar-refractivity contribution in [2.24, 2.45) is 0 Å². The summed E-state index contributed by atoms with van der Waals surface area (Å²) in [6.45, 7) is 2.61. The normalized spacial score (nSPS) is 16.9. The molecule has 0 atom stereocenters. The molecule has 5 heteroatoms. The highest BCUT2D eigenvalue weighted by atomic mass is 32.2. The Morgan fingerprint density at radius 2 is 1.90 bits per heavy atom. The zero-order valence-corrected chi connectivity index (χ0v) is 13.1. The highest BCUT2D eigenvalue weighted by Crippen LogP contribution is 2.32. The predicted octanol–water partition coefficient (Wildman–Crippen LogP) is 3.92. The second kappa shape index (κ2) is 7.31. The summed E-state index contributed by atoms with van der Waals surface area (Å²) in [7, 11) is 1.61. The molecule has 1 aliphatic heterocycles. The van der Waals surface area contributed by atoms with Gasteiger partial charge in [0, 0.05) is 6.54 Å². The Bertz CT molecular complexity index is 551. The van der Waals surface area contributed by atoms with Crippen LogP contribution >= 0.6 is 11.8 Å². The van der Waals surface area contributed by atoms with Crippen molar-refractivity contribution in [2.45, 2.75) is 26.2 Å². The van der Waals surface area contributed by atoms with Crippen LogP contribution in [0.3, 0.4) is 0 Å². The fourth-order valence-corrected chi connectivity index (χ4v) is 2.93. The van der Waals surface area contributed by atoms with Crippen LogP contribution < -0.4 is 4.74 Å². The van der Waals surface area contributed by atoms with Gasteiger partial charge in [0.25, 0.3) is 11.1 Å². The first-order chi connectivity index (χ1) is 10.2. The quantitative estimate of drug-likeness (QED) is 0.590. The van der Waals surface area contributed by atoms with Crippen molar-refractivity contribution in [1.82, 2.24) is 4.90 Å². The van der Waals surface area contributed by atoms with E-state index in [1.54, 1.807) is 13.2 Å². The zero-order valence-electron chi connectivity index (χ0n) is 12.3. The van der Waals surface area contributed by atoms with Crippen molar-refractivity contribution in [3.05, 3.63) is 34.7 Å². The molecule has 112 valence electrons. The molecular formula is C16H19NO3S. The van der Waals surface area contributed by atoms with Crippen LogP contribution in [-0.4, -0.2) is 29.7 Å². The molecule has 2 amide bonds. The van der Waals surface area contributed by atoms with Crippen LogP contribution in [0.5, 0.6) is 5.75 Å². The Morgan fingerprint density at radius 3 is 2.52 bits per heavy atom. The summed E-state index contributed by atoms with van der Waals surface area (Å²) in [5.41, 5.74) is 0.884. The maximum atomic E-state index is 12.2. The van der Waals surface area contributed by atoms with Gasteiger partial charge >= 0.3 is 0 Å². The Labute approximate surface area is 129 Å². The third-order valence-electron chi connectivity index (χ3n) is 3.27. The Morgan fingerprint density at radius 1 is 1.19 bits per heavy atom. The van der Waals surface area contributed by atoms with Gasteiger partial charge < -0.3 is 4.74 Å². The molecular weight excluding hydrogens is 286 g/mol. The number of ether oxygens (including phenoxy) is 1. The maximum Gasteiger partial charge on any atom is 0.293 e. The van der Waals surface area contributed by atoms with Crippen molar-refractivity contribution in [3.63, 3.8) is 0 Å².